The number of halogens is 5. The minimum atomic E-state index is -4.93. The molecule has 1 aliphatic rings. The van der Waals surface area contributed by atoms with E-state index in [1.54, 1.807) is 20.8 Å². The SMILES string of the molecule is CC(C)(C)OC(=O)N1CC(F)(F)C[C@@H]1CNS(=O)(=O)c1ccc(OC(F)(F)F)cc1. The van der Waals surface area contributed by atoms with Gasteiger partial charge in [-0.1, -0.05) is 0 Å². The van der Waals surface area contributed by atoms with Crippen LogP contribution in [0.3, 0.4) is 0 Å². The van der Waals surface area contributed by atoms with Crippen LogP contribution in [0.25, 0.3) is 0 Å². The summed E-state index contributed by atoms with van der Waals surface area (Å²) in [6, 6.07) is 2.19. The third-order valence-electron chi connectivity index (χ3n) is 3.88. The first-order valence-corrected chi connectivity index (χ1v) is 10.2. The number of ether oxygens (including phenoxy) is 2. The Morgan fingerprint density at radius 2 is 1.77 bits per heavy atom. The Labute approximate surface area is 170 Å². The lowest BCUT2D eigenvalue weighted by atomic mass is 10.2. The normalized spacial score (nSPS) is 19.6. The fraction of sp³-hybridized carbons (Fsp3) is 0.588. The number of nitrogens with one attached hydrogen (secondary N) is 1. The van der Waals surface area contributed by atoms with Crippen molar-refractivity contribution < 1.29 is 44.6 Å². The maximum absolute atomic E-state index is 13.8. The highest BCUT2D eigenvalue weighted by molar-refractivity contribution is 7.89. The van der Waals surface area contributed by atoms with E-state index in [2.05, 4.69) is 9.46 Å². The molecule has 1 aromatic carbocycles. The van der Waals surface area contributed by atoms with Crippen molar-refractivity contribution in [1.82, 2.24) is 9.62 Å². The van der Waals surface area contributed by atoms with Crippen LogP contribution in [0.1, 0.15) is 27.2 Å². The lowest BCUT2D eigenvalue weighted by molar-refractivity contribution is -0.274. The molecule has 1 aliphatic heterocycles. The molecule has 0 aromatic heterocycles. The fourth-order valence-electron chi connectivity index (χ4n) is 2.72. The van der Waals surface area contributed by atoms with Crippen LogP contribution in [0, 0.1) is 0 Å². The molecule has 1 atom stereocenters. The van der Waals surface area contributed by atoms with Gasteiger partial charge in [0.15, 0.2) is 0 Å². The van der Waals surface area contributed by atoms with Gasteiger partial charge in [-0.25, -0.2) is 26.7 Å². The minimum absolute atomic E-state index is 0.398. The number of hydrogen-bond acceptors (Lipinski definition) is 5. The molecule has 1 N–H and O–H groups in total. The van der Waals surface area contributed by atoms with Crippen LogP contribution >= 0.6 is 0 Å². The van der Waals surface area contributed by atoms with E-state index in [0.717, 1.165) is 29.2 Å². The first kappa shape index (κ1) is 24.1. The molecule has 0 bridgehead atoms. The number of carbonyl (C=O) groups excluding carboxylic acids is 1. The lowest BCUT2D eigenvalue weighted by Gasteiger charge is -2.28. The molecule has 0 saturated carbocycles. The molecule has 2 rings (SSSR count). The standard InChI is InChI=1S/C17H21F5N2O5S/c1-15(2,3)29-14(25)24-10-16(18,19)8-11(24)9-23-30(26,27)13-6-4-12(5-7-13)28-17(20,21)22/h4-7,11,23H,8-10H2,1-3H3/t11-/m1/s1. The van der Waals surface area contributed by atoms with Crippen molar-refractivity contribution in [2.24, 2.45) is 0 Å². The largest absolute Gasteiger partial charge is 0.573 e. The number of hydrogen-bond donors (Lipinski definition) is 1. The Bertz CT molecular complexity index is 866. The topological polar surface area (TPSA) is 84.9 Å². The fourth-order valence-corrected chi connectivity index (χ4v) is 3.80. The number of rotatable bonds is 5. The van der Waals surface area contributed by atoms with Crippen LogP contribution in [0.5, 0.6) is 5.75 Å². The maximum atomic E-state index is 13.8. The van der Waals surface area contributed by atoms with Gasteiger partial charge in [-0.2, -0.15) is 0 Å². The van der Waals surface area contributed by atoms with E-state index in [1.807, 2.05) is 0 Å². The van der Waals surface area contributed by atoms with Gasteiger partial charge in [0.1, 0.15) is 11.4 Å². The summed E-state index contributed by atoms with van der Waals surface area (Å²) in [6.45, 7) is 3.23. The van der Waals surface area contributed by atoms with Crippen LogP contribution in [-0.2, 0) is 14.8 Å². The zero-order chi connectivity index (χ0) is 23.0. The Hall–Kier alpha value is -2.15. The average Bonchev–Trinajstić information content (AvgIpc) is 2.86. The van der Waals surface area contributed by atoms with Gasteiger partial charge in [-0.3, -0.25) is 4.90 Å². The highest BCUT2D eigenvalue weighted by atomic mass is 32.2. The monoisotopic (exact) mass is 460 g/mol. The second kappa shape index (κ2) is 8.17. The molecule has 0 aliphatic carbocycles. The molecule has 1 fully saturated rings. The van der Waals surface area contributed by atoms with E-state index in [-0.39, 0.29) is 0 Å². The number of likely N-dealkylation sites (tertiary alicyclic amines) is 1. The van der Waals surface area contributed by atoms with Crippen molar-refractivity contribution in [3.8, 4) is 5.75 Å². The van der Waals surface area contributed by atoms with Gasteiger partial charge in [-0.15, -0.1) is 13.2 Å². The Kier molecular flexibility index (Phi) is 6.57. The molecule has 7 nitrogen and oxygen atoms in total. The molecule has 30 heavy (non-hydrogen) atoms. The predicted molar refractivity (Wildman–Crippen MR) is 94.6 cm³/mol. The van der Waals surface area contributed by atoms with Gasteiger partial charge in [0.05, 0.1) is 17.5 Å². The molecular formula is C17H21F5N2O5S. The van der Waals surface area contributed by atoms with Gasteiger partial charge in [0.25, 0.3) is 5.92 Å². The van der Waals surface area contributed by atoms with Gasteiger partial charge in [-0.05, 0) is 45.0 Å². The summed E-state index contributed by atoms with van der Waals surface area (Å²) >= 11 is 0. The molecular weight excluding hydrogens is 439 g/mol. The summed E-state index contributed by atoms with van der Waals surface area (Å²) in [5, 5.41) is 0. The van der Waals surface area contributed by atoms with Crippen LogP contribution in [0.2, 0.25) is 0 Å². The predicted octanol–water partition coefficient (Wildman–Crippen LogP) is 3.51. The molecule has 170 valence electrons. The van der Waals surface area contributed by atoms with Crippen molar-refractivity contribution >= 4 is 16.1 Å². The number of amides is 1. The quantitative estimate of drug-likeness (QED) is 0.680. The van der Waals surface area contributed by atoms with Crippen LogP contribution < -0.4 is 9.46 Å². The number of carbonyl (C=O) groups is 1. The van der Waals surface area contributed by atoms with E-state index in [0.29, 0.717) is 0 Å². The zero-order valence-electron chi connectivity index (χ0n) is 16.3. The summed E-state index contributed by atoms with van der Waals surface area (Å²) in [4.78, 5) is 12.6. The van der Waals surface area contributed by atoms with E-state index < -0.39 is 70.2 Å². The third-order valence-corrected chi connectivity index (χ3v) is 5.32. The number of benzene rings is 1. The molecule has 13 heteroatoms. The van der Waals surface area contributed by atoms with E-state index in [1.165, 1.54) is 0 Å². The zero-order valence-corrected chi connectivity index (χ0v) is 17.1. The smallest absolute Gasteiger partial charge is 0.444 e. The maximum Gasteiger partial charge on any atom is 0.573 e. The summed E-state index contributed by atoms with van der Waals surface area (Å²) < 4.78 is 99.7. The van der Waals surface area contributed by atoms with Gasteiger partial charge < -0.3 is 9.47 Å². The summed E-state index contributed by atoms with van der Waals surface area (Å²) in [5.41, 5.74) is -0.931. The first-order valence-electron chi connectivity index (χ1n) is 8.70. The molecule has 1 amide bonds. The Balaban J connectivity index is 2.08. The molecule has 1 aromatic rings. The van der Waals surface area contributed by atoms with Crippen molar-refractivity contribution in [2.75, 3.05) is 13.1 Å². The van der Waals surface area contributed by atoms with E-state index in [4.69, 9.17) is 4.74 Å². The highest BCUT2D eigenvalue weighted by Crippen LogP contribution is 2.33. The van der Waals surface area contributed by atoms with Crippen molar-refractivity contribution in [2.45, 2.75) is 56.0 Å². The van der Waals surface area contributed by atoms with Gasteiger partial charge in [0, 0.05) is 13.0 Å². The van der Waals surface area contributed by atoms with E-state index >= 15 is 0 Å². The van der Waals surface area contributed by atoms with Crippen molar-refractivity contribution in [1.29, 1.82) is 0 Å². The highest BCUT2D eigenvalue weighted by Gasteiger charge is 2.48. The molecule has 0 unspecified atom stereocenters. The lowest BCUT2D eigenvalue weighted by Crippen LogP contribution is -2.45. The number of nitrogens with zero attached hydrogens (tertiary/aromatic N) is 1. The third kappa shape index (κ3) is 6.97. The summed E-state index contributed by atoms with van der Waals surface area (Å²) in [6.07, 6.45) is -6.71. The number of alkyl halides is 5. The Morgan fingerprint density at radius 1 is 1.20 bits per heavy atom. The van der Waals surface area contributed by atoms with Crippen molar-refractivity contribution in [3.05, 3.63) is 24.3 Å². The van der Waals surface area contributed by atoms with Crippen LogP contribution in [-0.4, -0.2) is 56.4 Å². The van der Waals surface area contributed by atoms with Crippen molar-refractivity contribution in [3.63, 3.8) is 0 Å². The second-order valence-electron chi connectivity index (χ2n) is 7.69. The van der Waals surface area contributed by atoms with Crippen LogP contribution in [0.4, 0.5) is 26.7 Å². The number of sulfonamides is 1. The summed E-state index contributed by atoms with van der Waals surface area (Å²) in [5.74, 6) is -3.84. The van der Waals surface area contributed by atoms with Crippen LogP contribution in [0.15, 0.2) is 29.2 Å². The minimum Gasteiger partial charge on any atom is -0.444 e. The molecule has 1 saturated heterocycles. The summed E-state index contributed by atoms with van der Waals surface area (Å²) in [7, 11) is -4.24. The van der Waals surface area contributed by atoms with Gasteiger partial charge in [0.2, 0.25) is 10.0 Å². The molecule has 0 spiro atoms. The van der Waals surface area contributed by atoms with Gasteiger partial charge >= 0.3 is 12.5 Å². The first-order chi connectivity index (χ1) is 13.5. The average molecular weight is 460 g/mol. The molecule has 0 radical (unpaired) electrons. The van der Waals surface area contributed by atoms with E-state index in [9.17, 15) is 35.2 Å². The Morgan fingerprint density at radius 3 is 2.27 bits per heavy atom. The second-order valence-corrected chi connectivity index (χ2v) is 9.46. The molecule has 1 heterocycles.